The number of hydroxylamine groups is 4. The van der Waals surface area contributed by atoms with Gasteiger partial charge in [-0.3, -0.25) is 0 Å². The third kappa shape index (κ3) is 14.2. The van der Waals surface area contributed by atoms with E-state index >= 15 is 0 Å². The number of nitrogens with zero attached hydrogens (tertiary/aromatic N) is 8. The Labute approximate surface area is 347 Å². The van der Waals surface area contributed by atoms with Crippen molar-refractivity contribution in [2.24, 2.45) is 11.8 Å². The molecule has 0 saturated carbocycles. The number of piperidine rings is 2. The van der Waals surface area contributed by atoms with Crippen LogP contribution in [0.1, 0.15) is 145 Å². The van der Waals surface area contributed by atoms with E-state index in [1.54, 1.807) is 14.2 Å². The first kappa shape index (κ1) is 46.3. The lowest BCUT2D eigenvalue weighted by Crippen LogP contribution is -2.59. The van der Waals surface area contributed by atoms with Crippen LogP contribution in [0.5, 0.6) is 0 Å². The molecule has 4 heterocycles. The number of anilines is 4. The summed E-state index contributed by atoms with van der Waals surface area (Å²) in [6.07, 6.45) is 15.4. The van der Waals surface area contributed by atoms with Gasteiger partial charge in [0.25, 0.3) is 0 Å². The molecule has 2 fully saturated rings. The first-order valence-corrected chi connectivity index (χ1v) is 21.7. The van der Waals surface area contributed by atoms with Crippen LogP contribution in [0.3, 0.4) is 0 Å². The quantitative estimate of drug-likeness (QED) is 0.0789. The Kier molecular flexibility index (Phi) is 17.4. The van der Waals surface area contributed by atoms with Crippen LogP contribution in [0.4, 0.5) is 23.8 Å². The summed E-state index contributed by atoms with van der Waals surface area (Å²) in [5.74, 6) is 3.37. The van der Waals surface area contributed by atoms with Gasteiger partial charge in [-0.25, -0.2) is 0 Å². The Morgan fingerprint density at radius 2 is 0.732 bits per heavy atom. The fourth-order valence-corrected chi connectivity index (χ4v) is 10.2. The zero-order valence-electron chi connectivity index (χ0n) is 36.0. The highest BCUT2D eigenvalue weighted by Gasteiger charge is 2.46. The highest BCUT2D eigenvalue weighted by molar-refractivity contribution is 6.28. The molecule has 2 saturated heterocycles. The van der Waals surface area contributed by atoms with Crippen molar-refractivity contribution in [3.8, 4) is 0 Å². The summed E-state index contributed by atoms with van der Waals surface area (Å²) in [7, 11) is 3.57. The minimum atomic E-state index is 0.0238. The zero-order chi connectivity index (χ0) is 41.0. The largest absolute Gasteiger partial charge is 0.354 e. The van der Waals surface area contributed by atoms with Gasteiger partial charge in [0, 0.05) is 48.3 Å². The maximum Gasteiger partial charge on any atom is 0.228 e. The molecule has 318 valence electrons. The van der Waals surface area contributed by atoms with Gasteiger partial charge >= 0.3 is 0 Å². The van der Waals surface area contributed by atoms with Crippen LogP contribution in [0.25, 0.3) is 0 Å². The van der Waals surface area contributed by atoms with Gasteiger partial charge in [0.05, 0.1) is 14.2 Å². The van der Waals surface area contributed by atoms with E-state index in [-0.39, 0.29) is 32.7 Å². The van der Waals surface area contributed by atoms with Gasteiger partial charge < -0.3 is 30.9 Å². The number of hydrogen-bond acceptors (Lipinski definition) is 14. The van der Waals surface area contributed by atoms with Crippen LogP contribution in [-0.2, 0) is 9.68 Å². The predicted molar refractivity (Wildman–Crippen MR) is 229 cm³/mol. The van der Waals surface area contributed by atoms with Crippen molar-refractivity contribution in [1.82, 2.24) is 40.0 Å². The average molecular weight is 824 g/mol. The van der Waals surface area contributed by atoms with Gasteiger partial charge in [-0.2, -0.15) is 40.0 Å². The van der Waals surface area contributed by atoms with Crippen molar-refractivity contribution in [2.75, 3.05) is 61.7 Å². The van der Waals surface area contributed by atoms with Crippen molar-refractivity contribution in [3.05, 3.63) is 10.6 Å². The summed E-state index contributed by atoms with van der Waals surface area (Å²) in [6, 6.07) is 0. The van der Waals surface area contributed by atoms with E-state index in [2.05, 4.69) is 117 Å². The van der Waals surface area contributed by atoms with Crippen LogP contribution in [0, 0.1) is 11.8 Å². The van der Waals surface area contributed by atoms with Crippen molar-refractivity contribution in [3.63, 3.8) is 0 Å². The molecule has 0 atom stereocenters. The lowest BCUT2D eigenvalue weighted by molar-refractivity contribution is -0.272. The molecule has 2 aliphatic heterocycles. The van der Waals surface area contributed by atoms with Gasteiger partial charge in [-0.15, -0.1) is 0 Å². The molecule has 0 amide bonds. The Morgan fingerprint density at radius 3 is 1.00 bits per heavy atom. The van der Waals surface area contributed by atoms with E-state index in [9.17, 15) is 0 Å². The smallest absolute Gasteiger partial charge is 0.228 e. The second-order valence-electron chi connectivity index (χ2n) is 18.4. The van der Waals surface area contributed by atoms with Gasteiger partial charge in [0.15, 0.2) is 0 Å². The molecule has 4 rings (SSSR count). The zero-order valence-corrected chi connectivity index (χ0v) is 37.5. The summed E-state index contributed by atoms with van der Waals surface area (Å²) in [5, 5.41) is 18.0. The predicted octanol–water partition coefficient (Wildman–Crippen LogP) is 9.27. The van der Waals surface area contributed by atoms with E-state index in [1.165, 1.54) is 12.8 Å². The summed E-state index contributed by atoms with van der Waals surface area (Å²) in [4.78, 5) is 37.7. The maximum atomic E-state index is 6.23. The summed E-state index contributed by atoms with van der Waals surface area (Å²) >= 11 is 12.5. The van der Waals surface area contributed by atoms with Crippen LogP contribution >= 0.6 is 23.2 Å². The van der Waals surface area contributed by atoms with E-state index in [0.717, 1.165) is 103 Å². The number of aromatic nitrogens is 6. The highest BCUT2D eigenvalue weighted by atomic mass is 35.5. The van der Waals surface area contributed by atoms with Crippen molar-refractivity contribution < 1.29 is 9.68 Å². The fraction of sp³-hybridized carbons (Fsp3) is 0.850. The van der Waals surface area contributed by atoms with Gasteiger partial charge in [0.2, 0.25) is 34.4 Å². The molecule has 0 spiro atoms. The molecule has 2 aliphatic rings. The first-order chi connectivity index (χ1) is 26.4. The standard InChI is InChI=1S/C40H72Cl2N12O2/c1-37(2)25-29(26-38(3,4)53(37)55-9)19-13-17-23-45-35-49-31(41)47-33(51-35)43-21-15-11-12-16-22-44-34-48-32(42)50-36(52-34)46-24-18-14-20-30-27-39(5,6)54(56-10)40(7,8)28-30/h29-30H,11-28H2,1-10H3,(H2,43,45,47,49,51)(H2,44,46,48,50,52). The summed E-state index contributed by atoms with van der Waals surface area (Å²) in [6.45, 7) is 21.3. The van der Waals surface area contributed by atoms with Gasteiger partial charge in [-0.1, -0.05) is 38.5 Å². The van der Waals surface area contributed by atoms with E-state index in [1.807, 2.05) is 0 Å². The molecule has 56 heavy (non-hydrogen) atoms. The minimum absolute atomic E-state index is 0.0238. The number of rotatable bonds is 23. The van der Waals surface area contributed by atoms with Crippen LogP contribution in [0.2, 0.25) is 10.6 Å². The number of nitrogens with one attached hydrogen (secondary N) is 4. The Balaban J connectivity index is 1.05. The molecule has 16 heteroatoms. The maximum absolute atomic E-state index is 6.23. The molecule has 0 aliphatic carbocycles. The van der Waals surface area contributed by atoms with E-state index < -0.39 is 0 Å². The number of unbranched alkanes of at least 4 members (excludes halogenated alkanes) is 5. The molecule has 0 radical (unpaired) electrons. The third-order valence-corrected chi connectivity index (χ3v) is 11.6. The molecule has 2 aromatic heterocycles. The van der Waals surface area contributed by atoms with Crippen LogP contribution in [-0.4, -0.2) is 103 Å². The summed E-state index contributed by atoms with van der Waals surface area (Å²) < 4.78 is 0. The molecule has 0 aromatic carbocycles. The molecule has 14 nitrogen and oxygen atoms in total. The molecule has 4 N–H and O–H groups in total. The second kappa shape index (κ2) is 21.1. The van der Waals surface area contributed by atoms with E-state index in [4.69, 9.17) is 32.9 Å². The lowest BCUT2D eigenvalue weighted by atomic mass is 9.73. The van der Waals surface area contributed by atoms with Gasteiger partial charge in [-0.05, 0) is 142 Å². The third-order valence-electron chi connectivity index (χ3n) is 11.2. The lowest BCUT2D eigenvalue weighted by Gasteiger charge is -2.53. The number of hydrogen-bond donors (Lipinski definition) is 4. The first-order valence-electron chi connectivity index (χ1n) is 20.9. The van der Waals surface area contributed by atoms with Crippen molar-refractivity contribution in [1.29, 1.82) is 0 Å². The summed E-state index contributed by atoms with van der Waals surface area (Å²) in [5.41, 5.74) is 0.0952. The average Bonchev–Trinajstić information content (AvgIpc) is 3.07. The topological polar surface area (TPSA) is 150 Å². The van der Waals surface area contributed by atoms with Crippen molar-refractivity contribution in [2.45, 2.75) is 167 Å². The van der Waals surface area contributed by atoms with E-state index in [0.29, 0.717) is 35.6 Å². The van der Waals surface area contributed by atoms with Gasteiger partial charge in [0.1, 0.15) is 0 Å². The van der Waals surface area contributed by atoms with Crippen LogP contribution in [0.15, 0.2) is 0 Å². The minimum Gasteiger partial charge on any atom is -0.354 e. The molecular formula is C40H72Cl2N12O2. The Bertz CT molecular complexity index is 1350. The van der Waals surface area contributed by atoms with Crippen LogP contribution < -0.4 is 21.3 Å². The number of halogens is 2. The fourth-order valence-electron chi connectivity index (χ4n) is 9.87. The normalized spacial score (nSPS) is 19.9. The molecule has 0 bridgehead atoms. The molecule has 2 aromatic rings. The Hall–Kier alpha value is -2.36. The monoisotopic (exact) mass is 823 g/mol. The van der Waals surface area contributed by atoms with Crippen molar-refractivity contribution >= 4 is 47.0 Å². The second-order valence-corrected chi connectivity index (χ2v) is 19.0. The molecule has 0 unspecified atom stereocenters. The molecular weight excluding hydrogens is 751 g/mol. The SMILES string of the molecule is CON1C(C)(C)CC(CCCCNc2nc(Cl)nc(NCCCCCCNc3nc(Cl)nc(NCCCCC4CC(C)(C)N(OC)C(C)(C)C4)n3)n2)CC1(C)C. The highest BCUT2D eigenvalue weighted by Crippen LogP contribution is 2.44. The Morgan fingerprint density at radius 1 is 0.464 bits per heavy atom.